The monoisotopic (exact) mass is 404 g/mol. The molecule has 2 atom stereocenters. The van der Waals surface area contributed by atoms with Gasteiger partial charge in [-0.1, -0.05) is 36.4 Å². The van der Waals surface area contributed by atoms with Gasteiger partial charge in [0, 0.05) is 11.1 Å². The predicted molar refractivity (Wildman–Crippen MR) is 102 cm³/mol. The molecule has 5 nitrogen and oxygen atoms in total. The molecule has 1 fully saturated rings. The fraction of sp³-hybridized carbons (Fsp3) is 0.176. The number of carbonyl (C=O) groups excluding carboxylic acids is 1. The van der Waals surface area contributed by atoms with Crippen molar-refractivity contribution < 1.29 is 4.79 Å². The largest absolute Gasteiger partial charge is 0.271 e. The summed E-state index contributed by atoms with van der Waals surface area (Å²) < 4.78 is 1.09. The fourth-order valence-electron chi connectivity index (χ4n) is 2.37. The van der Waals surface area contributed by atoms with Gasteiger partial charge in [0.2, 0.25) is 0 Å². The van der Waals surface area contributed by atoms with Crippen LogP contribution in [0.3, 0.4) is 0 Å². The molecule has 0 saturated carbocycles. The third-order valence-corrected chi connectivity index (χ3v) is 5.32. The van der Waals surface area contributed by atoms with Crippen LogP contribution in [0.5, 0.6) is 0 Å². The van der Waals surface area contributed by atoms with Gasteiger partial charge in [-0.25, -0.2) is 16.3 Å². The molecule has 0 aliphatic carbocycles. The molecule has 2 aromatic rings. The molecule has 0 radical (unpaired) electrons. The first kappa shape index (κ1) is 17.0. The van der Waals surface area contributed by atoms with Gasteiger partial charge in [0.1, 0.15) is 6.04 Å². The second-order valence-electron chi connectivity index (χ2n) is 5.30. The van der Waals surface area contributed by atoms with Crippen molar-refractivity contribution >= 4 is 45.5 Å². The van der Waals surface area contributed by atoms with Gasteiger partial charge in [-0.2, -0.15) is 5.10 Å². The SMILES string of the molecule is O=C(N/N=C/C=C/c1ccccc1)C1CC(c2ccc(Br)s2)NN1. The van der Waals surface area contributed by atoms with Gasteiger partial charge in [-0.3, -0.25) is 4.79 Å². The molecule has 1 aliphatic rings. The molecule has 124 valence electrons. The minimum absolute atomic E-state index is 0.138. The van der Waals surface area contributed by atoms with Gasteiger partial charge in [0.05, 0.1) is 9.83 Å². The first-order valence-corrected chi connectivity index (χ1v) is 9.14. The zero-order valence-corrected chi connectivity index (χ0v) is 15.2. The van der Waals surface area contributed by atoms with E-state index in [1.54, 1.807) is 23.6 Å². The van der Waals surface area contributed by atoms with Crippen LogP contribution < -0.4 is 16.3 Å². The van der Waals surface area contributed by atoms with E-state index in [1.807, 2.05) is 42.5 Å². The number of amides is 1. The van der Waals surface area contributed by atoms with Crippen molar-refractivity contribution in [2.75, 3.05) is 0 Å². The summed E-state index contributed by atoms with van der Waals surface area (Å²) in [6.45, 7) is 0. The molecule has 0 bridgehead atoms. The van der Waals surface area contributed by atoms with Gasteiger partial charge in [-0.15, -0.1) is 11.3 Å². The molecule has 7 heteroatoms. The molecule has 24 heavy (non-hydrogen) atoms. The van der Waals surface area contributed by atoms with E-state index in [-0.39, 0.29) is 18.0 Å². The third kappa shape index (κ3) is 4.61. The summed E-state index contributed by atoms with van der Waals surface area (Å²) in [5, 5.41) is 3.95. The molecular weight excluding hydrogens is 388 g/mol. The fourth-order valence-corrected chi connectivity index (χ4v) is 3.86. The molecule has 3 rings (SSSR count). The Morgan fingerprint density at radius 2 is 2.08 bits per heavy atom. The maximum Gasteiger partial charge on any atom is 0.258 e. The standard InChI is InChI=1S/C17H17BrN4OS/c18-16-9-8-15(24-16)13-11-14(21-20-13)17(23)22-19-10-4-7-12-5-2-1-3-6-12/h1-10,13-14,20-21H,11H2,(H,22,23)/b7-4+,19-10+. The summed E-state index contributed by atoms with van der Waals surface area (Å²) in [6, 6.07) is 13.8. The Morgan fingerprint density at radius 1 is 1.25 bits per heavy atom. The van der Waals surface area contributed by atoms with E-state index in [4.69, 9.17) is 0 Å². The lowest BCUT2D eigenvalue weighted by Crippen LogP contribution is -2.41. The predicted octanol–water partition coefficient (Wildman–Crippen LogP) is 3.23. The molecular formula is C17H17BrN4OS. The Balaban J connectivity index is 1.46. The Labute approximate surface area is 153 Å². The molecule has 1 aliphatic heterocycles. The lowest BCUT2D eigenvalue weighted by molar-refractivity contribution is -0.122. The number of allylic oxidation sites excluding steroid dienone is 1. The van der Waals surface area contributed by atoms with Gasteiger partial charge < -0.3 is 0 Å². The van der Waals surface area contributed by atoms with Crippen molar-refractivity contribution in [2.24, 2.45) is 5.10 Å². The molecule has 1 amide bonds. The molecule has 0 spiro atoms. The minimum atomic E-state index is -0.300. The second kappa shape index (κ2) is 8.34. The number of thiophene rings is 1. The molecule has 1 aromatic heterocycles. The smallest absolute Gasteiger partial charge is 0.258 e. The lowest BCUT2D eigenvalue weighted by atomic mass is 10.1. The topological polar surface area (TPSA) is 65.5 Å². The first-order valence-electron chi connectivity index (χ1n) is 7.53. The summed E-state index contributed by atoms with van der Waals surface area (Å²) in [5.41, 5.74) is 9.82. The highest BCUT2D eigenvalue weighted by atomic mass is 79.9. The summed E-state index contributed by atoms with van der Waals surface area (Å²) in [5.74, 6) is -0.148. The number of hydrogen-bond donors (Lipinski definition) is 3. The summed E-state index contributed by atoms with van der Waals surface area (Å²) in [7, 11) is 0. The summed E-state index contributed by atoms with van der Waals surface area (Å²) in [6.07, 6.45) is 5.98. The van der Waals surface area contributed by atoms with Crippen LogP contribution in [0.25, 0.3) is 6.08 Å². The van der Waals surface area contributed by atoms with Crippen LogP contribution in [0.1, 0.15) is 22.9 Å². The van der Waals surface area contributed by atoms with E-state index in [9.17, 15) is 4.79 Å². The number of benzene rings is 1. The zero-order chi connectivity index (χ0) is 16.8. The number of hydrazine groups is 1. The van der Waals surface area contributed by atoms with Crippen LogP contribution in [0, 0.1) is 0 Å². The van der Waals surface area contributed by atoms with E-state index in [0.717, 1.165) is 9.35 Å². The second-order valence-corrected chi connectivity index (χ2v) is 7.79. The molecule has 2 heterocycles. The minimum Gasteiger partial charge on any atom is -0.271 e. The number of nitrogens with zero attached hydrogens (tertiary/aromatic N) is 1. The molecule has 1 saturated heterocycles. The van der Waals surface area contributed by atoms with Crippen LogP contribution in [-0.2, 0) is 4.79 Å². The average molecular weight is 405 g/mol. The van der Waals surface area contributed by atoms with Gasteiger partial charge >= 0.3 is 0 Å². The van der Waals surface area contributed by atoms with Crippen LogP contribution in [0.4, 0.5) is 0 Å². The van der Waals surface area contributed by atoms with Crippen LogP contribution in [0.2, 0.25) is 0 Å². The number of halogens is 1. The average Bonchev–Trinajstić information content (AvgIpc) is 3.24. The van der Waals surface area contributed by atoms with Crippen LogP contribution >= 0.6 is 27.3 Å². The Bertz CT molecular complexity index is 744. The van der Waals surface area contributed by atoms with Crippen molar-refractivity contribution in [3.63, 3.8) is 0 Å². The van der Waals surface area contributed by atoms with Crippen molar-refractivity contribution in [3.05, 3.63) is 62.8 Å². The van der Waals surface area contributed by atoms with Gasteiger partial charge in [0.25, 0.3) is 5.91 Å². The number of nitrogens with one attached hydrogen (secondary N) is 3. The lowest BCUT2D eigenvalue weighted by Gasteiger charge is -2.06. The zero-order valence-electron chi connectivity index (χ0n) is 12.8. The highest BCUT2D eigenvalue weighted by Gasteiger charge is 2.30. The van der Waals surface area contributed by atoms with Crippen LogP contribution in [0.15, 0.2) is 57.4 Å². The van der Waals surface area contributed by atoms with Gasteiger partial charge in [-0.05, 0) is 46.1 Å². The van der Waals surface area contributed by atoms with Gasteiger partial charge in [0.15, 0.2) is 0 Å². The van der Waals surface area contributed by atoms with Crippen molar-refractivity contribution in [3.8, 4) is 0 Å². The van der Waals surface area contributed by atoms with Crippen molar-refractivity contribution in [1.29, 1.82) is 0 Å². The van der Waals surface area contributed by atoms with E-state index in [1.165, 1.54) is 4.88 Å². The normalized spacial score (nSPS) is 20.9. The van der Waals surface area contributed by atoms with E-state index in [0.29, 0.717) is 6.42 Å². The molecule has 3 N–H and O–H groups in total. The van der Waals surface area contributed by atoms with Crippen molar-refractivity contribution in [1.82, 2.24) is 16.3 Å². The highest BCUT2D eigenvalue weighted by Crippen LogP contribution is 2.31. The third-order valence-electron chi connectivity index (χ3n) is 3.58. The first-order chi connectivity index (χ1) is 11.7. The Kier molecular flexibility index (Phi) is 5.92. The van der Waals surface area contributed by atoms with Crippen molar-refractivity contribution in [2.45, 2.75) is 18.5 Å². The Hall–Kier alpha value is -1.80. The molecule has 1 aromatic carbocycles. The number of hydrazone groups is 1. The van der Waals surface area contributed by atoms with E-state index in [2.05, 4.69) is 43.4 Å². The number of rotatable bonds is 5. The maximum absolute atomic E-state index is 12.1. The van der Waals surface area contributed by atoms with E-state index >= 15 is 0 Å². The quantitative estimate of drug-likeness (QED) is 0.529. The molecule has 2 unspecified atom stereocenters. The summed E-state index contributed by atoms with van der Waals surface area (Å²) in [4.78, 5) is 13.3. The summed E-state index contributed by atoms with van der Waals surface area (Å²) >= 11 is 5.12. The van der Waals surface area contributed by atoms with Crippen LogP contribution in [-0.4, -0.2) is 18.2 Å². The number of carbonyl (C=O) groups is 1. The number of hydrogen-bond acceptors (Lipinski definition) is 5. The maximum atomic E-state index is 12.1. The Morgan fingerprint density at radius 3 is 2.83 bits per heavy atom. The van der Waals surface area contributed by atoms with E-state index < -0.39 is 0 Å². The highest BCUT2D eigenvalue weighted by molar-refractivity contribution is 9.11.